The van der Waals surface area contributed by atoms with Crippen LogP contribution in [0.1, 0.15) is 25.0 Å². The lowest BCUT2D eigenvalue weighted by Gasteiger charge is -2.29. The molecule has 2 aromatic rings. The predicted molar refractivity (Wildman–Crippen MR) is 96.4 cm³/mol. The highest BCUT2D eigenvalue weighted by atomic mass is 35.5. The monoisotopic (exact) mass is 390 g/mol. The zero-order valence-electron chi connectivity index (χ0n) is 14.6. The fourth-order valence-corrected chi connectivity index (χ4v) is 2.70. The van der Waals surface area contributed by atoms with E-state index < -0.39 is 23.5 Å². The smallest absolute Gasteiger partial charge is 0.348 e. The molecule has 1 aliphatic rings. The Kier molecular flexibility index (Phi) is 5.19. The molecule has 7 heteroatoms. The Morgan fingerprint density at radius 3 is 2.41 bits per heavy atom. The van der Waals surface area contributed by atoms with E-state index in [-0.39, 0.29) is 22.8 Å². The highest BCUT2D eigenvalue weighted by molar-refractivity contribution is 6.31. The second-order valence-electron chi connectivity index (χ2n) is 6.26. The maximum Gasteiger partial charge on any atom is 0.348 e. The predicted octanol–water partition coefficient (Wildman–Crippen LogP) is 4.28. The Morgan fingerprint density at radius 2 is 1.74 bits per heavy atom. The van der Waals surface area contributed by atoms with Crippen molar-refractivity contribution in [2.75, 3.05) is 0 Å². The molecular formula is C20H16ClFO5. The van der Waals surface area contributed by atoms with Gasteiger partial charge in [-0.3, -0.25) is 0 Å². The SMILES string of the molecule is CC1(C)OC(=O)C(=Cc2ccccc2OCc2c(F)cccc2Cl)C(=O)O1. The molecule has 0 bridgehead atoms. The van der Waals surface area contributed by atoms with Gasteiger partial charge >= 0.3 is 11.9 Å². The van der Waals surface area contributed by atoms with Gasteiger partial charge in [0.1, 0.15) is 23.7 Å². The first-order valence-corrected chi connectivity index (χ1v) is 8.48. The van der Waals surface area contributed by atoms with E-state index in [0.29, 0.717) is 11.3 Å². The van der Waals surface area contributed by atoms with E-state index in [1.807, 2.05) is 0 Å². The van der Waals surface area contributed by atoms with E-state index in [1.165, 1.54) is 32.1 Å². The number of ether oxygens (including phenoxy) is 3. The minimum Gasteiger partial charge on any atom is -0.488 e. The van der Waals surface area contributed by atoms with Crippen LogP contribution in [-0.4, -0.2) is 17.7 Å². The second kappa shape index (κ2) is 7.40. The average molecular weight is 391 g/mol. The topological polar surface area (TPSA) is 61.8 Å². The summed E-state index contributed by atoms with van der Waals surface area (Å²) in [6.07, 6.45) is 1.32. The van der Waals surface area contributed by atoms with Crippen molar-refractivity contribution >= 4 is 29.6 Å². The van der Waals surface area contributed by atoms with Crippen LogP contribution in [0.15, 0.2) is 48.0 Å². The van der Waals surface area contributed by atoms with Crippen molar-refractivity contribution in [3.63, 3.8) is 0 Å². The van der Waals surface area contributed by atoms with Crippen molar-refractivity contribution < 1.29 is 28.2 Å². The number of hydrogen-bond donors (Lipinski definition) is 0. The molecule has 0 aromatic heterocycles. The summed E-state index contributed by atoms with van der Waals surface area (Å²) in [6.45, 7) is 2.82. The molecule has 1 fully saturated rings. The summed E-state index contributed by atoms with van der Waals surface area (Å²) in [5.41, 5.74) is 0.391. The quantitative estimate of drug-likeness (QED) is 0.443. The maximum absolute atomic E-state index is 13.9. The van der Waals surface area contributed by atoms with Crippen LogP contribution < -0.4 is 4.74 Å². The summed E-state index contributed by atoms with van der Waals surface area (Å²) >= 11 is 6.00. The lowest BCUT2D eigenvalue weighted by atomic mass is 10.1. The molecule has 0 saturated carbocycles. The second-order valence-corrected chi connectivity index (χ2v) is 6.67. The minimum atomic E-state index is -1.32. The van der Waals surface area contributed by atoms with Crippen molar-refractivity contribution in [2.45, 2.75) is 26.2 Å². The summed E-state index contributed by atoms with van der Waals surface area (Å²) < 4.78 is 29.7. The van der Waals surface area contributed by atoms with Crippen molar-refractivity contribution in [3.8, 4) is 5.75 Å². The van der Waals surface area contributed by atoms with Gasteiger partial charge in [-0.1, -0.05) is 35.9 Å². The molecule has 1 heterocycles. The normalized spacial score (nSPS) is 15.8. The largest absolute Gasteiger partial charge is 0.488 e. The van der Waals surface area contributed by atoms with Crippen molar-refractivity contribution in [2.24, 2.45) is 0 Å². The van der Waals surface area contributed by atoms with Crippen LogP contribution in [0.25, 0.3) is 6.08 Å². The van der Waals surface area contributed by atoms with Gasteiger partial charge in [0.2, 0.25) is 0 Å². The van der Waals surface area contributed by atoms with Crippen LogP contribution >= 0.6 is 11.6 Å². The molecule has 5 nitrogen and oxygen atoms in total. The lowest BCUT2D eigenvalue weighted by molar-refractivity contribution is -0.222. The van der Waals surface area contributed by atoms with Crippen LogP contribution in [0, 0.1) is 5.82 Å². The first-order valence-electron chi connectivity index (χ1n) is 8.10. The van der Waals surface area contributed by atoms with Gasteiger partial charge in [0.15, 0.2) is 0 Å². The van der Waals surface area contributed by atoms with Gasteiger partial charge in [0.25, 0.3) is 5.79 Å². The van der Waals surface area contributed by atoms with Gasteiger partial charge in [-0.05, 0) is 24.3 Å². The summed E-state index contributed by atoms with van der Waals surface area (Å²) in [4.78, 5) is 24.2. The number of para-hydroxylation sites is 1. The molecule has 0 amide bonds. The summed E-state index contributed by atoms with van der Waals surface area (Å²) in [7, 11) is 0. The van der Waals surface area contributed by atoms with E-state index in [9.17, 15) is 14.0 Å². The van der Waals surface area contributed by atoms with Crippen LogP contribution in [0.2, 0.25) is 5.02 Å². The number of halogens is 2. The number of carbonyl (C=O) groups excluding carboxylic acids is 2. The molecule has 0 radical (unpaired) electrons. The molecule has 1 aliphatic heterocycles. The third kappa shape index (κ3) is 4.28. The third-order valence-electron chi connectivity index (χ3n) is 3.77. The van der Waals surface area contributed by atoms with Gasteiger partial charge in [-0.2, -0.15) is 0 Å². The molecule has 0 unspecified atom stereocenters. The molecule has 27 heavy (non-hydrogen) atoms. The van der Waals surface area contributed by atoms with Crippen molar-refractivity contribution in [3.05, 3.63) is 70.0 Å². The standard InChI is InChI=1S/C20H16ClFO5/c1-20(2)26-18(23)13(19(24)27-20)10-12-6-3-4-9-17(12)25-11-14-15(21)7-5-8-16(14)22/h3-10H,11H2,1-2H3. The highest BCUT2D eigenvalue weighted by Gasteiger charge is 2.39. The van der Waals surface area contributed by atoms with Gasteiger partial charge < -0.3 is 14.2 Å². The number of esters is 2. The number of cyclic esters (lactones) is 2. The highest BCUT2D eigenvalue weighted by Crippen LogP contribution is 2.28. The van der Waals surface area contributed by atoms with E-state index in [0.717, 1.165) is 0 Å². The molecule has 0 aliphatic carbocycles. The fraction of sp³-hybridized carbons (Fsp3) is 0.200. The number of hydrogen-bond acceptors (Lipinski definition) is 5. The number of benzene rings is 2. The van der Waals surface area contributed by atoms with Crippen LogP contribution in [0.3, 0.4) is 0 Å². The van der Waals surface area contributed by atoms with E-state index in [2.05, 4.69) is 0 Å². The number of rotatable bonds is 4. The molecule has 1 saturated heterocycles. The Balaban J connectivity index is 1.86. The van der Waals surface area contributed by atoms with Crippen molar-refractivity contribution in [1.82, 2.24) is 0 Å². The maximum atomic E-state index is 13.9. The fourth-order valence-electron chi connectivity index (χ4n) is 2.49. The van der Waals surface area contributed by atoms with Crippen molar-refractivity contribution in [1.29, 1.82) is 0 Å². The summed E-state index contributed by atoms with van der Waals surface area (Å²) in [5, 5.41) is 0.243. The van der Waals surface area contributed by atoms with E-state index in [1.54, 1.807) is 30.3 Å². The van der Waals surface area contributed by atoms with Crippen LogP contribution in [0.4, 0.5) is 4.39 Å². The van der Waals surface area contributed by atoms with E-state index >= 15 is 0 Å². The average Bonchev–Trinajstić information content (AvgIpc) is 2.58. The lowest BCUT2D eigenvalue weighted by Crippen LogP contribution is -2.41. The van der Waals surface area contributed by atoms with E-state index in [4.69, 9.17) is 25.8 Å². The van der Waals surface area contributed by atoms with Gasteiger partial charge in [-0.15, -0.1) is 0 Å². The van der Waals surface area contributed by atoms with Crippen LogP contribution in [0.5, 0.6) is 5.75 Å². The molecular weight excluding hydrogens is 375 g/mol. The zero-order chi connectivity index (χ0) is 19.6. The molecule has 0 atom stereocenters. The molecule has 3 rings (SSSR count). The van der Waals surface area contributed by atoms with Gasteiger partial charge in [0, 0.05) is 25.0 Å². The first kappa shape index (κ1) is 18.9. The molecule has 0 N–H and O–H groups in total. The number of carbonyl (C=O) groups is 2. The Morgan fingerprint density at radius 1 is 1.07 bits per heavy atom. The first-order chi connectivity index (χ1) is 12.8. The zero-order valence-corrected chi connectivity index (χ0v) is 15.4. The summed E-state index contributed by atoms with van der Waals surface area (Å²) in [5.74, 6) is -3.04. The molecule has 0 spiro atoms. The van der Waals surface area contributed by atoms with Crippen LogP contribution in [-0.2, 0) is 25.7 Å². The molecule has 2 aromatic carbocycles. The molecule has 140 valence electrons. The van der Waals surface area contributed by atoms with Gasteiger partial charge in [-0.25, -0.2) is 14.0 Å². The van der Waals surface area contributed by atoms with Gasteiger partial charge in [0.05, 0.1) is 5.02 Å². The minimum absolute atomic E-state index is 0.117. The Labute approximate surface area is 160 Å². The third-order valence-corrected chi connectivity index (χ3v) is 4.12. The Bertz CT molecular complexity index is 893. The summed E-state index contributed by atoms with van der Waals surface area (Å²) in [6, 6.07) is 11.0. The Hall–Kier alpha value is -2.86.